The summed E-state index contributed by atoms with van der Waals surface area (Å²) in [4.78, 5) is 8.66. The molecule has 144 valence electrons. The number of alkyl halides is 3. The second-order valence-electron chi connectivity index (χ2n) is 7.01. The molecule has 3 aromatic rings. The van der Waals surface area contributed by atoms with E-state index in [0.29, 0.717) is 5.16 Å². The Morgan fingerprint density at radius 3 is 2.52 bits per heavy atom. The number of aromatic nitrogens is 5. The Labute approximate surface area is 158 Å². The maximum Gasteiger partial charge on any atom is 0.416 e. The largest absolute Gasteiger partial charge is 0.416 e. The zero-order valence-corrected chi connectivity index (χ0v) is 15.9. The number of H-pyrrole nitrogens is 1. The summed E-state index contributed by atoms with van der Waals surface area (Å²) in [5.74, 6) is 1.15. The molecule has 0 aliphatic heterocycles. The van der Waals surface area contributed by atoms with Crippen LogP contribution in [0.2, 0.25) is 0 Å². The van der Waals surface area contributed by atoms with Crippen LogP contribution in [0.5, 0.6) is 0 Å². The number of rotatable bonds is 4. The summed E-state index contributed by atoms with van der Waals surface area (Å²) in [5.41, 5.74) is -0.676. The summed E-state index contributed by atoms with van der Waals surface area (Å²) in [5, 5.41) is 11.1. The molecule has 1 aromatic carbocycles. The zero-order chi connectivity index (χ0) is 19.8. The van der Waals surface area contributed by atoms with E-state index >= 15 is 0 Å². The van der Waals surface area contributed by atoms with Crippen LogP contribution < -0.4 is 0 Å². The third kappa shape index (κ3) is 4.49. The molecule has 1 atom stereocenters. The average molecular weight is 397 g/mol. The number of aromatic amines is 1. The lowest BCUT2D eigenvalue weighted by Gasteiger charge is -2.12. The number of nitrogens with zero attached hydrogens (tertiary/aromatic N) is 4. The van der Waals surface area contributed by atoms with Crippen LogP contribution in [0.4, 0.5) is 13.2 Å². The summed E-state index contributed by atoms with van der Waals surface area (Å²) < 4.78 is 43.8. The number of benzene rings is 1. The number of nitrogens with one attached hydrogen (secondary N) is 1. The molecule has 2 aromatic heterocycles. The smallest absolute Gasteiger partial charge is 0.338 e. The molecule has 0 fully saturated rings. The van der Waals surface area contributed by atoms with Crippen molar-refractivity contribution in [2.24, 2.45) is 0 Å². The molecule has 0 aliphatic carbocycles. The van der Waals surface area contributed by atoms with Crippen LogP contribution in [-0.2, 0) is 11.6 Å². The Balaban J connectivity index is 1.76. The third-order valence-corrected chi connectivity index (χ3v) is 4.64. The van der Waals surface area contributed by atoms with E-state index in [0.717, 1.165) is 18.0 Å². The van der Waals surface area contributed by atoms with Gasteiger partial charge >= 0.3 is 6.18 Å². The predicted octanol–water partition coefficient (Wildman–Crippen LogP) is 5.02. The molecule has 0 aliphatic rings. The van der Waals surface area contributed by atoms with Gasteiger partial charge in [-0.3, -0.25) is 5.10 Å². The van der Waals surface area contributed by atoms with Gasteiger partial charge in [0.15, 0.2) is 0 Å². The first-order chi connectivity index (χ1) is 12.5. The van der Waals surface area contributed by atoms with Crippen molar-refractivity contribution in [2.75, 3.05) is 0 Å². The SMILES string of the molecule is C[C@@H](Sc1n[nH]c(C(C)(C)C)n1)c1nc(-c2cccc(C(F)(F)F)c2)no1. The molecule has 1 N–H and O–H groups in total. The van der Waals surface area contributed by atoms with Gasteiger partial charge in [-0.05, 0) is 19.1 Å². The summed E-state index contributed by atoms with van der Waals surface area (Å²) in [6, 6.07) is 4.82. The van der Waals surface area contributed by atoms with Crippen molar-refractivity contribution in [3.05, 3.63) is 41.5 Å². The van der Waals surface area contributed by atoms with Crippen molar-refractivity contribution in [1.82, 2.24) is 25.3 Å². The van der Waals surface area contributed by atoms with Gasteiger partial charge in [-0.1, -0.05) is 49.8 Å². The lowest BCUT2D eigenvalue weighted by Crippen LogP contribution is -2.13. The minimum absolute atomic E-state index is 0.105. The van der Waals surface area contributed by atoms with Gasteiger partial charge in [-0.25, -0.2) is 4.98 Å². The maximum absolute atomic E-state index is 12.9. The molecule has 0 spiro atoms. The van der Waals surface area contributed by atoms with Crippen LogP contribution in [0.15, 0.2) is 33.9 Å². The predicted molar refractivity (Wildman–Crippen MR) is 94.1 cm³/mol. The second-order valence-corrected chi connectivity index (χ2v) is 8.32. The number of thioether (sulfide) groups is 1. The standard InChI is InChI=1S/C17H18F3N5OS/c1-9(27-15-22-14(23-24-15)16(2,3)4)13-21-12(25-26-13)10-6-5-7-11(8-10)17(18,19)20/h5-9H,1-4H3,(H,22,23,24)/t9-/m1/s1. The first-order valence-electron chi connectivity index (χ1n) is 8.15. The molecule has 0 saturated heterocycles. The Hall–Kier alpha value is -2.36. The molecule has 0 bridgehead atoms. The van der Waals surface area contributed by atoms with Crippen molar-refractivity contribution in [1.29, 1.82) is 0 Å². The van der Waals surface area contributed by atoms with E-state index in [1.807, 2.05) is 27.7 Å². The minimum Gasteiger partial charge on any atom is -0.338 e. The van der Waals surface area contributed by atoms with Crippen LogP contribution in [0, 0.1) is 0 Å². The Kier molecular flexibility index (Phi) is 5.02. The number of halogens is 3. The fourth-order valence-electron chi connectivity index (χ4n) is 2.20. The van der Waals surface area contributed by atoms with E-state index < -0.39 is 11.7 Å². The quantitative estimate of drug-likeness (QED) is 0.623. The van der Waals surface area contributed by atoms with E-state index in [4.69, 9.17) is 4.52 Å². The summed E-state index contributed by atoms with van der Waals surface area (Å²) in [6.07, 6.45) is -4.43. The van der Waals surface area contributed by atoms with Gasteiger partial charge in [0.05, 0.1) is 10.8 Å². The molecular weight excluding hydrogens is 379 g/mol. The van der Waals surface area contributed by atoms with Crippen LogP contribution in [0.3, 0.4) is 0 Å². The summed E-state index contributed by atoms with van der Waals surface area (Å²) in [7, 11) is 0. The highest BCUT2D eigenvalue weighted by Crippen LogP contribution is 2.35. The van der Waals surface area contributed by atoms with Crippen molar-refractivity contribution in [3.8, 4) is 11.4 Å². The zero-order valence-electron chi connectivity index (χ0n) is 15.1. The highest BCUT2D eigenvalue weighted by molar-refractivity contribution is 7.99. The lowest BCUT2D eigenvalue weighted by atomic mass is 9.96. The van der Waals surface area contributed by atoms with Gasteiger partial charge in [-0.2, -0.15) is 18.2 Å². The Bertz CT molecular complexity index is 929. The second kappa shape index (κ2) is 6.99. The molecule has 10 heteroatoms. The molecule has 0 amide bonds. The monoisotopic (exact) mass is 397 g/mol. The lowest BCUT2D eigenvalue weighted by molar-refractivity contribution is -0.137. The minimum atomic E-state index is -4.43. The first-order valence-corrected chi connectivity index (χ1v) is 9.03. The molecular formula is C17H18F3N5OS. The fraction of sp³-hybridized carbons (Fsp3) is 0.412. The van der Waals surface area contributed by atoms with Crippen molar-refractivity contribution in [3.63, 3.8) is 0 Å². The first kappa shape index (κ1) is 19.4. The van der Waals surface area contributed by atoms with E-state index in [1.165, 1.54) is 23.9 Å². The number of hydrogen-bond donors (Lipinski definition) is 1. The fourth-order valence-corrected chi connectivity index (χ4v) is 2.95. The normalized spacial score (nSPS) is 13.7. The maximum atomic E-state index is 12.9. The molecule has 27 heavy (non-hydrogen) atoms. The number of hydrogen-bond acceptors (Lipinski definition) is 6. The van der Waals surface area contributed by atoms with Crippen LogP contribution in [-0.4, -0.2) is 25.3 Å². The van der Waals surface area contributed by atoms with Gasteiger partial charge in [0.1, 0.15) is 5.82 Å². The molecule has 6 nitrogen and oxygen atoms in total. The third-order valence-electron chi connectivity index (χ3n) is 3.70. The van der Waals surface area contributed by atoms with Crippen molar-refractivity contribution >= 4 is 11.8 Å². The molecule has 3 rings (SSSR count). The topological polar surface area (TPSA) is 80.5 Å². The summed E-state index contributed by atoms with van der Waals surface area (Å²) >= 11 is 1.32. The van der Waals surface area contributed by atoms with Crippen LogP contribution >= 0.6 is 11.8 Å². The van der Waals surface area contributed by atoms with Gasteiger partial charge in [0.25, 0.3) is 0 Å². The van der Waals surface area contributed by atoms with E-state index in [2.05, 4.69) is 25.3 Å². The van der Waals surface area contributed by atoms with Crippen LogP contribution in [0.25, 0.3) is 11.4 Å². The summed E-state index contributed by atoms with van der Waals surface area (Å²) in [6.45, 7) is 7.89. The molecule has 2 heterocycles. The Morgan fingerprint density at radius 2 is 1.89 bits per heavy atom. The van der Waals surface area contributed by atoms with Gasteiger partial charge in [0, 0.05) is 11.0 Å². The highest BCUT2D eigenvalue weighted by atomic mass is 32.2. The molecule has 0 radical (unpaired) electrons. The van der Waals surface area contributed by atoms with E-state index in [1.54, 1.807) is 0 Å². The van der Waals surface area contributed by atoms with Gasteiger partial charge in [-0.15, -0.1) is 5.10 Å². The van der Waals surface area contributed by atoms with Crippen molar-refractivity contribution in [2.45, 2.75) is 49.7 Å². The average Bonchev–Trinajstić information content (AvgIpc) is 3.23. The van der Waals surface area contributed by atoms with Gasteiger partial charge in [0.2, 0.25) is 16.9 Å². The van der Waals surface area contributed by atoms with E-state index in [9.17, 15) is 13.2 Å². The van der Waals surface area contributed by atoms with Crippen molar-refractivity contribution < 1.29 is 17.7 Å². The van der Waals surface area contributed by atoms with Gasteiger partial charge < -0.3 is 4.52 Å². The molecule has 0 unspecified atom stereocenters. The van der Waals surface area contributed by atoms with Crippen LogP contribution in [0.1, 0.15) is 50.2 Å². The Morgan fingerprint density at radius 1 is 1.15 bits per heavy atom. The van der Waals surface area contributed by atoms with E-state index in [-0.39, 0.29) is 27.9 Å². The highest BCUT2D eigenvalue weighted by Gasteiger charge is 2.31. The molecule has 0 saturated carbocycles.